The summed E-state index contributed by atoms with van der Waals surface area (Å²) in [4.78, 5) is 0. The van der Waals surface area contributed by atoms with Crippen LogP contribution in [0.4, 0.5) is 5.69 Å². The van der Waals surface area contributed by atoms with Gasteiger partial charge in [0.2, 0.25) is 0 Å². The fraction of sp³-hybridized carbons (Fsp3) is 0.188. The Morgan fingerprint density at radius 1 is 1.10 bits per heavy atom. The molecule has 0 aliphatic rings. The Labute approximate surface area is 122 Å². The lowest BCUT2D eigenvalue weighted by Crippen LogP contribution is -1.91. The minimum absolute atomic E-state index is 0.745. The van der Waals surface area contributed by atoms with Crippen LogP contribution in [0.2, 0.25) is 5.02 Å². The van der Waals surface area contributed by atoms with E-state index >= 15 is 0 Å². The Bertz CT molecular complexity index is 821. The van der Waals surface area contributed by atoms with E-state index in [1.165, 1.54) is 0 Å². The Balaban J connectivity index is 2.32. The van der Waals surface area contributed by atoms with E-state index in [9.17, 15) is 0 Å². The van der Waals surface area contributed by atoms with Crippen LogP contribution in [0.3, 0.4) is 0 Å². The number of nitrogens with zero attached hydrogens (tertiary/aromatic N) is 1. The third kappa shape index (κ3) is 1.86. The lowest BCUT2D eigenvalue weighted by molar-refractivity contribution is 0.459. The summed E-state index contributed by atoms with van der Waals surface area (Å²) in [5, 5.41) is 5.89. The van der Waals surface area contributed by atoms with E-state index in [-0.39, 0.29) is 0 Å². The maximum atomic E-state index is 6.34. The van der Waals surface area contributed by atoms with Gasteiger partial charge in [0.25, 0.3) is 0 Å². The van der Waals surface area contributed by atoms with Gasteiger partial charge < -0.3 is 10.3 Å². The molecule has 0 fully saturated rings. The first-order valence-corrected chi connectivity index (χ1v) is 6.78. The second-order valence-electron chi connectivity index (χ2n) is 5.11. The topological polar surface area (TPSA) is 52.0 Å². The van der Waals surface area contributed by atoms with Gasteiger partial charge in [0.15, 0.2) is 5.58 Å². The standard InChI is InChI=1S/C16H15ClN2O/c1-8-4-5-11(7-12(8)18)16-14-10(3)15(17)9(2)6-13(14)20-19-16/h4-7H,18H2,1-3H3. The number of anilines is 1. The largest absolute Gasteiger partial charge is 0.398 e. The summed E-state index contributed by atoms with van der Waals surface area (Å²) in [6, 6.07) is 7.81. The van der Waals surface area contributed by atoms with Gasteiger partial charge in [0, 0.05) is 16.3 Å². The van der Waals surface area contributed by atoms with Crippen molar-refractivity contribution < 1.29 is 4.52 Å². The number of hydrogen-bond acceptors (Lipinski definition) is 3. The van der Waals surface area contributed by atoms with E-state index in [4.69, 9.17) is 21.9 Å². The molecule has 0 amide bonds. The summed E-state index contributed by atoms with van der Waals surface area (Å²) < 4.78 is 5.44. The van der Waals surface area contributed by atoms with E-state index in [2.05, 4.69) is 5.16 Å². The summed E-state index contributed by atoms with van der Waals surface area (Å²) in [5.74, 6) is 0. The summed E-state index contributed by atoms with van der Waals surface area (Å²) in [5.41, 5.74) is 12.2. The zero-order valence-corrected chi connectivity index (χ0v) is 12.4. The van der Waals surface area contributed by atoms with Gasteiger partial charge in [-0.05, 0) is 49.6 Å². The van der Waals surface area contributed by atoms with Crippen molar-refractivity contribution in [3.63, 3.8) is 0 Å². The Morgan fingerprint density at radius 2 is 1.85 bits per heavy atom. The molecule has 0 spiro atoms. The maximum Gasteiger partial charge on any atom is 0.168 e. The lowest BCUT2D eigenvalue weighted by atomic mass is 10.0. The number of hydrogen-bond donors (Lipinski definition) is 1. The molecule has 1 aromatic heterocycles. The number of benzene rings is 2. The van der Waals surface area contributed by atoms with Gasteiger partial charge in [-0.3, -0.25) is 0 Å². The number of rotatable bonds is 1. The van der Waals surface area contributed by atoms with Gasteiger partial charge in [-0.15, -0.1) is 0 Å². The second-order valence-corrected chi connectivity index (χ2v) is 5.49. The molecule has 0 radical (unpaired) electrons. The fourth-order valence-electron chi connectivity index (χ4n) is 2.41. The molecule has 3 rings (SSSR count). The van der Waals surface area contributed by atoms with E-state index < -0.39 is 0 Å². The molecule has 0 unspecified atom stereocenters. The summed E-state index contributed by atoms with van der Waals surface area (Å²) >= 11 is 6.34. The molecule has 0 aliphatic heterocycles. The quantitative estimate of drug-likeness (QED) is 0.662. The van der Waals surface area contributed by atoms with Gasteiger partial charge >= 0.3 is 0 Å². The van der Waals surface area contributed by atoms with Gasteiger partial charge in [0.05, 0.1) is 5.39 Å². The molecule has 0 aliphatic carbocycles. The monoisotopic (exact) mass is 286 g/mol. The van der Waals surface area contributed by atoms with E-state index in [1.807, 2.05) is 45.0 Å². The van der Waals surface area contributed by atoms with Crippen LogP contribution in [-0.4, -0.2) is 5.16 Å². The Kier molecular flexibility index (Phi) is 2.94. The van der Waals surface area contributed by atoms with Crippen LogP contribution in [0, 0.1) is 20.8 Å². The average Bonchev–Trinajstić information content (AvgIpc) is 2.83. The molecule has 102 valence electrons. The molecule has 1 heterocycles. The number of aromatic nitrogens is 1. The highest BCUT2D eigenvalue weighted by Crippen LogP contribution is 2.36. The molecule has 0 atom stereocenters. The summed E-state index contributed by atoms with van der Waals surface area (Å²) in [6.07, 6.45) is 0. The summed E-state index contributed by atoms with van der Waals surface area (Å²) in [7, 11) is 0. The molecule has 3 nitrogen and oxygen atoms in total. The summed E-state index contributed by atoms with van der Waals surface area (Å²) in [6.45, 7) is 5.92. The van der Waals surface area contributed by atoms with Crippen LogP contribution in [0.25, 0.3) is 22.2 Å². The highest BCUT2D eigenvalue weighted by molar-refractivity contribution is 6.33. The SMILES string of the molecule is Cc1ccc(-c2noc3cc(C)c(Cl)c(C)c23)cc1N. The number of fused-ring (bicyclic) bond motifs is 1. The number of nitrogen functional groups attached to an aromatic ring is 1. The van der Waals surface area contributed by atoms with Crippen molar-refractivity contribution >= 4 is 28.3 Å². The first-order valence-electron chi connectivity index (χ1n) is 6.40. The minimum atomic E-state index is 0.745. The van der Waals surface area contributed by atoms with Crippen LogP contribution in [0.1, 0.15) is 16.7 Å². The van der Waals surface area contributed by atoms with Crippen LogP contribution in [0.15, 0.2) is 28.8 Å². The molecule has 4 heteroatoms. The molecule has 20 heavy (non-hydrogen) atoms. The first kappa shape index (κ1) is 13.0. The predicted molar refractivity (Wildman–Crippen MR) is 83.1 cm³/mol. The highest BCUT2D eigenvalue weighted by atomic mass is 35.5. The van der Waals surface area contributed by atoms with Crippen molar-refractivity contribution in [2.24, 2.45) is 0 Å². The highest BCUT2D eigenvalue weighted by Gasteiger charge is 2.16. The lowest BCUT2D eigenvalue weighted by Gasteiger charge is -2.06. The number of aryl methyl sites for hydroxylation is 3. The maximum absolute atomic E-state index is 6.34. The van der Waals surface area contributed by atoms with Crippen LogP contribution < -0.4 is 5.73 Å². The molecule has 0 bridgehead atoms. The van der Waals surface area contributed by atoms with Crippen molar-refractivity contribution in [3.8, 4) is 11.3 Å². The molecule has 2 N–H and O–H groups in total. The molecule has 0 saturated heterocycles. The van der Waals surface area contributed by atoms with E-state index in [0.29, 0.717) is 0 Å². The van der Waals surface area contributed by atoms with Gasteiger partial charge in [-0.2, -0.15) is 0 Å². The van der Waals surface area contributed by atoms with Gasteiger partial charge in [0.1, 0.15) is 5.69 Å². The molecule has 2 aromatic carbocycles. The second kappa shape index (κ2) is 4.53. The third-order valence-electron chi connectivity index (χ3n) is 3.67. The number of nitrogens with two attached hydrogens (primary N) is 1. The zero-order chi connectivity index (χ0) is 14.4. The zero-order valence-electron chi connectivity index (χ0n) is 11.6. The number of halogens is 1. The van der Waals surface area contributed by atoms with Crippen molar-refractivity contribution in [1.29, 1.82) is 0 Å². The van der Waals surface area contributed by atoms with Crippen LogP contribution in [0.5, 0.6) is 0 Å². The molecule has 3 aromatic rings. The Morgan fingerprint density at radius 3 is 2.55 bits per heavy atom. The van der Waals surface area contributed by atoms with Crippen molar-refractivity contribution in [2.45, 2.75) is 20.8 Å². The molecule has 0 saturated carbocycles. The first-order chi connectivity index (χ1) is 9.49. The average molecular weight is 287 g/mol. The minimum Gasteiger partial charge on any atom is -0.398 e. The van der Waals surface area contributed by atoms with E-state index in [1.54, 1.807) is 0 Å². The fourth-order valence-corrected chi connectivity index (χ4v) is 2.56. The van der Waals surface area contributed by atoms with Gasteiger partial charge in [-0.25, -0.2) is 0 Å². The van der Waals surface area contributed by atoms with Crippen molar-refractivity contribution in [2.75, 3.05) is 5.73 Å². The smallest absolute Gasteiger partial charge is 0.168 e. The van der Waals surface area contributed by atoms with Gasteiger partial charge in [-0.1, -0.05) is 28.9 Å². The van der Waals surface area contributed by atoms with Crippen molar-refractivity contribution in [1.82, 2.24) is 5.16 Å². The third-order valence-corrected chi connectivity index (χ3v) is 4.25. The van der Waals surface area contributed by atoms with Crippen LogP contribution in [-0.2, 0) is 0 Å². The normalized spacial score (nSPS) is 11.2. The molecular formula is C16H15ClN2O. The van der Waals surface area contributed by atoms with Crippen LogP contribution >= 0.6 is 11.6 Å². The van der Waals surface area contributed by atoms with E-state index in [0.717, 1.165) is 49.6 Å². The van der Waals surface area contributed by atoms with Crippen molar-refractivity contribution in [3.05, 3.63) is 46.0 Å². The molecular weight excluding hydrogens is 272 g/mol. The Hall–Kier alpha value is -2.00. The predicted octanol–water partition coefficient (Wildman–Crippen LogP) is 4.66.